The van der Waals surface area contributed by atoms with Crippen LogP contribution in [0.3, 0.4) is 0 Å². The number of para-hydroxylation sites is 1. The molecule has 0 atom stereocenters. The molecule has 4 rings (SSSR count). The largest absolute Gasteiger partial charge is 0.354 e. The Kier molecular flexibility index (Phi) is 8.41. The molecule has 36 heavy (non-hydrogen) atoms. The van der Waals surface area contributed by atoms with Gasteiger partial charge in [0.05, 0.1) is 5.56 Å². The van der Waals surface area contributed by atoms with Gasteiger partial charge in [0.15, 0.2) is 0 Å². The number of hydrogen-bond acceptors (Lipinski definition) is 4. The monoisotopic (exact) mass is 544 g/mol. The highest BCUT2D eigenvalue weighted by Crippen LogP contribution is 2.23. The molecule has 1 aromatic heterocycles. The summed E-state index contributed by atoms with van der Waals surface area (Å²) >= 11 is 3.35. The summed E-state index contributed by atoms with van der Waals surface area (Å²) in [4.78, 5) is 43.7. The van der Waals surface area contributed by atoms with Crippen LogP contribution in [0.1, 0.15) is 23.2 Å². The van der Waals surface area contributed by atoms with Gasteiger partial charge in [-0.25, -0.2) is 0 Å². The van der Waals surface area contributed by atoms with Crippen molar-refractivity contribution < 1.29 is 14.4 Å². The Hall–Kier alpha value is -4.04. The first kappa shape index (κ1) is 25.1. The third kappa shape index (κ3) is 6.55. The molecule has 2 N–H and O–H groups in total. The summed E-state index contributed by atoms with van der Waals surface area (Å²) in [5, 5.41) is 7.68. The number of anilines is 2. The van der Waals surface area contributed by atoms with E-state index < -0.39 is 0 Å². The summed E-state index contributed by atoms with van der Waals surface area (Å²) in [5.74, 6) is -0.712. The zero-order valence-corrected chi connectivity index (χ0v) is 21.1. The Morgan fingerprint density at radius 2 is 1.56 bits per heavy atom. The SMILES string of the molecule is O=C(CCC(=O)Nc1cccc2ccccc12)NCCN(C(=O)c1cncc(Br)c1)c1ccccc1. The highest BCUT2D eigenvalue weighted by atomic mass is 79.9. The van der Waals surface area contributed by atoms with Gasteiger partial charge in [0.2, 0.25) is 11.8 Å². The molecule has 0 bridgehead atoms. The van der Waals surface area contributed by atoms with E-state index in [0.29, 0.717) is 15.7 Å². The van der Waals surface area contributed by atoms with Crippen LogP contribution in [0.25, 0.3) is 10.8 Å². The molecule has 0 aliphatic heterocycles. The lowest BCUT2D eigenvalue weighted by Gasteiger charge is -2.23. The van der Waals surface area contributed by atoms with E-state index >= 15 is 0 Å². The predicted molar refractivity (Wildman–Crippen MR) is 145 cm³/mol. The Labute approximate surface area is 217 Å². The van der Waals surface area contributed by atoms with Gasteiger partial charge in [-0.15, -0.1) is 0 Å². The van der Waals surface area contributed by atoms with Gasteiger partial charge in [-0.05, 0) is 45.6 Å². The van der Waals surface area contributed by atoms with Gasteiger partial charge in [-0.1, -0.05) is 54.6 Å². The van der Waals surface area contributed by atoms with E-state index in [9.17, 15) is 14.4 Å². The van der Waals surface area contributed by atoms with Crippen molar-refractivity contribution >= 4 is 55.8 Å². The van der Waals surface area contributed by atoms with Crippen LogP contribution in [0, 0.1) is 0 Å². The molecule has 3 amide bonds. The third-order valence-corrected chi connectivity index (χ3v) is 6.00. The van der Waals surface area contributed by atoms with E-state index in [2.05, 4.69) is 31.5 Å². The van der Waals surface area contributed by atoms with Crippen molar-refractivity contribution in [2.75, 3.05) is 23.3 Å². The maximum Gasteiger partial charge on any atom is 0.259 e. The molecule has 0 fully saturated rings. The molecule has 0 unspecified atom stereocenters. The van der Waals surface area contributed by atoms with Crippen molar-refractivity contribution in [1.82, 2.24) is 10.3 Å². The van der Waals surface area contributed by atoms with Crippen molar-refractivity contribution in [3.05, 3.63) is 101 Å². The summed E-state index contributed by atoms with van der Waals surface area (Å²) in [6, 6.07) is 24.4. The highest BCUT2D eigenvalue weighted by Gasteiger charge is 2.18. The van der Waals surface area contributed by atoms with Crippen LogP contribution in [0.4, 0.5) is 11.4 Å². The second-order valence-electron chi connectivity index (χ2n) is 8.11. The van der Waals surface area contributed by atoms with Crippen LogP contribution < -0.4 is 15.5 Å². The van der Waals surface area contributed by atoms with Crippen molar-refractivity contribution in [1.29, 1.82) is 0 Å². The second kappa shape index (κ2) is 12.1. The quantitative estimate of drug-likeness (QED) is 0.303. The van der Waals surface area contributed by atoms with E-state index in [0.717, 1.165) is 16.5 Å². The number of amides is 3. The Bertz CT molecular complexity index is 1370. The van der Waals surface area contributed by atoms with Crippen molar-refractivity contribution in [3.8, 4) is 0 Å². The molecular weight excluding hydrogens is 520 g/mol. The number of carbonyl (C=O) groups is 3. The average Bonchev–Trinajstić information content (AvgIpc) is 2.90. The Balaban J connectivity index is 1.30. The molecule has 0 radical (unpaired) electrons. The fourth-order valence-electron chi connectivity index (χ4n) is 3.81. The van der Waals surface area contributed by atoms with Gasteiger partial charge in [0.25, 0.3) is 5.91 Å². The van der Waals surface area contributed by atoms with Crippen LogP contribution in [0.15, 0.2) is 95.7 Å². The zero-order chi connectivity index (χ0) is 25.3. The number of hydrogen-bond donors (Lipinski definition) is 2. The summed E-state index contributed by atoms with van der Waals surface area (Å²) < 4.78 is 0.705. The van der Waals surface area contributed by atoms with Gasteiger partial charge in [0.1, 0.15) is 0 Å². The average molecular weight is 545 g/mol. The molecule has 4 aromatic rings. The predicted octanol–water partition coefficient (Wildman–Crippen LogP) is 5.18. The van der Waals surface area contributed by atoms with Crippen molar-refractivity contribution in [3.63, 3.8) is 0 Å². The zero-order valence-electron chi connectivity index (χ0n) is 19.5. The Morgan fingerprint density at radius 1 is 0.833 bits per heavy atom. The van der Waals surface area contributed by atoms with Gasteiger partial charge >= 0.3 is 0 Å². The van der Waals surface area contributed by atoms with Gasteiger partial charge < -0.3 is 15.5 Å². The number of rotatable bonds is 9. The summed E-state index contributed by atoms with van der Waals surface area (Å²) in [7, 11) is 0. The lowest BCUT2D eigenvalue weighted by atomic mass is 10.1. The number of nitrogens with one attached hydrogen (secondary N) is 2. The number of carbonyl (C=O) groups excluding carboxylic acids is 3. The molecule has 7 nitrogen and oxygen atoms in total. The van der Waals surface area contributed by atoms with Crippen molar-refractivity contribution in [2.24, 2.45) is 0 Å². The lowest BCUT2D eigenvalue weighted by molar-refractivity contribution is -0.124. The molecule has 0 spiro atoms. The number of aromatic nitrogens is 1. The first-order valence-electron chi connectivity index (χ1n) is 11.5. The minimum absolute atomic E-state index is 0.0471. The number of pyridine rings is 1. The van der Waals surface area contributed by atoms with Crippen molar-refractivity contribution in [2.45, 2.75) is 12.8 Å². The van der Waals surface area contributed by atoms with Crippen LogP contribution in [0.2, 0.25) is 0 Å². The molecule has 1 heterocycles. The molecule has 0 saturated heterocycles. The topological polar surface area (TPSA) is 91.4 Å². The Morgan fingerprint density at radius 3 is 2.36 bits per heavy atom. The minimum Gasteiger partial charge on any atom is -0.354 e. The fraction of sp³-hybridized carbons (Fsp3) is 0.143. The third-order valence-electron chi connectivity index (χ3n) is 5.57. The van der Waals surface area contributed by atoms with E-state index in [1.54, 1.807) is 17.2 Å². The molecule has 0 aliphatic carbocycles. The van der Waals surface area contributed by atoms with Gasteiger partial charge in [-0.3, -0.25) is 19.4 Å². The number of halogens is 1. The maximum atomic E-state index is 13.2. The van der Waals surface area contributed by atoms with E-state index in [-0.39, 0.29) is 43.7 Å². The maximum absolute atomic E-state index is 13.2. The first-order valence-corrected chi connectivity index (χ1v) is 12.3. The highest BCUT2D eigenvalue weighted by molar-refractivity contribution is 9.10. The molecular formula is C28H25BrN4O3. The summed E-state index contributed by atoms with van der Waals surface area (Å²) in [6.45, 7) is 0.509. The second-order valence-corrected chi connectivity index (χ2v) is 9.02. The van der Waals surface area contributed by atoms with Gasteiger partial charge in [0, 0.05) is 59.6 Å². The lowest BCUT2D eigenvalue weighted by Crippen LogP contribution is -2.39. The standard InChI is InChI=1S/C28H25BrN4O3/c29-22-17-21(18-30-19-22)28(36)33(23-9-2-1-3-10-23)16-15-31-26(34)13-14-27(35)32-25-12-6-8-20-7-4-5-11-24(20)25/h1-12,17-19H,13-16H2,(H,31,34)(H,32,35). The van der Waals surface area contributed by atoms with E-state index in [1.165, 1.54) is 6.20 Å². The molecule has 182 valence electrons. The fourth-order valence-corrected chi connectivity index (χ4v) is 4.18. The smallest absolute Gasteiger partial charge is 0.259 e. The minimum atomic E-state index is -0.257. The molecule has 0 saturated carbocycles. The number of nitrogens with zero attached hydrogens (tertiary/aromatic N) is 2. The first-order chi connectivity index (χ1) is 17.5. The van der Waals surface area contributed by atoms with Crippen LogP contribution in [-0.2, 0) is 9.59 Å². The molecule has 8 heteroatoms. The van der Waals surface area contributed by atoms with Crippen LogP contribution >= 0.6 is 15.9 Å². The van der Waals surface area contributed by atoms with Crippen LogP contribution in [-0.4, -0.2) is 35.8 Å². The van der Waals surface area contributed by atoms with Gasteiger partial charge in [-0.2, -0.15) is 0 Å². The normalized spacial score (nSPS) is 10.6. The molecule has 3 aromatic carbocycles. The number of benzene rings is 3. The summed E-state index contributed by atoms with van der Waals surface area (Å²) in [5.41, 5.74) is 1.87. The molecule has 0 aliphatic rings. The summed E-state index contributed by atoms with van der Waals surface area (Å²) in [6.07, 6.45) is 3.22. The number of fused-ring (bicyclic) bond motifs is 1. The van der Waals surface area contributed by atoms with E-state index in [4.69, 9.17) is 0 Å². The van der Waals surface area contributed by atoms with Crippen LogP contribution in [0.5, 0.6) is 0 Å². The van der Waals surface area contributed by atoms with E-state index in [1.807, 2.05) is 72.8 Å².